The molecular formula is C16H22N2O2S2. The van der Waals surface area contributed by atoms with Crippen LogP contribution in [0.5, 0.6) is 0 Å². The van der Waals surface area contributed by atoms with Crippen LogP contribution in [0.25, 0.3) is 0 Å². The summed E-state index contributed by atoms with van der Waals surface area (Å²) in [7, 11) is -3.17. The number of sulfonamides is 1. The van der Waals surface area contributed by atoms with Crippen molar-refractivity contribution in [2.75, 3.05) is 30.3 Å². The van der Waals surface area contributed by atoms with E-state index >= 15 is 0 Å². The molecule has 120 valence electrons. The van der Waals surface area contributed by atoms with E-state index < -0.39 is 10.0 Å². The van der Waals surface area contributed by atoms with E-state index in [1.807, 2.05) is 11.8 Å². The van der Waals surface area contributed by atoms with Crippen LogP contribution in [0.1, 0.15) is 24.0 Å². The Morgan fingerprint density at radius 3 is 2.59 bits per heavy atom. The predicted octanol–water partition coefficient (Wildman–Crippen LogP) is 2.33. The predicted molar refractivity (Wildman–Crippen MR) is 93.4 cm³/mol. The molecule has 1 aromatic carbocycles. The van der Waals surface area contributed by atoms with Crippen molar-refractivity contribution in [3.05, 3.63) is 35.4 Å². The second kappa shape index (κ2) is 6.72. The first-order chi connectivity index (χ1) is 10.5. The Hall–Kier alpha value is -0.850. The molecule has 2 aliphatic rings. The van der Waals surface area contributed by atoms with Crippen LogP contribution in [0.2, 0.25) is 0 Å². The summed E-state index contributed by atoms with van der Waals surface area (Å²) in [6.07, 6.45) is 1.71. The van der Waals surface area contributed by atoms with Crippen molar-refractivity contribution in [1.29, 1.82) is 0 Å². The minimum Gasteiger partial charge on any atom is -0.285 e. The maximum Gasteiger partial charge on any atom is 0.216 e. The largest absolute Gasteiger partial charge is 0.285 e. The molecule has 0 amide bonds. The smallest absolute Gasteiger partial charge is 0.216 e. The van der Waals surface area contributed by atoms with Gasteiger partial charge in [0.2, 0.25) is 10.0 Å². The first-order valence-corrected chi connectivity index (χ1v) is 10.5. The van der Waals surface area contributed by atoms with Gasteiger partial charge in [0.25, 0.3) is 0 Å². The molecular weight excluding hydrogens is 316 g/mol. The van der Waals surface area contributed by atoms with Crippen molar-refractivity contribution in [2.45, 2.75) is 25.8 Å². The molecule has 0 saturated carbocycles. The Labute approximate surface area is 137 Å². The Bertz CT molecular complexity index is 647. The number of aliphatic imine (C=N–C) groups is 1. The fraction of sp³-hybridized carbons (Fsp3) is 0.562. The molecule has 22 heavy (non-hydrogen) atoms. The van der Waals surface area contributed by atoms with Gasteiger partial charge in [0.1, 0.15) is 0 Å². The molecule has 1 saturated heterocycles. The molecule has 0 aliphatic carbocycles. The van der Waals surface area contributed by atoms with Crippen LogP contribution in [0, 0.1) is 6.92 Å². The summed E-state index contributed by atoms with van der Waals surface area (Å²) < 4.78 is 26.6. The van der Waals surface area contributed by atoms with Gasteiger partial charge in [-0.15, -0.1) is 0 Å². The van der Waals surface area contributed by atoms with Crippen LogP contribution in [-0.4, -0.2) is 54.8 Å². The zero-order valence-corrected chi connectivity index (χ0v) is 14.5. The van der Waals surface area contributed by atoms with E-state index in [0.29, 0.717) is 13.1 Å². The number of thioether (sulfide) groups is 1. The van der Waals surface area contributed by atoms with E-state index in [0.717, 1.165) is 35.6 Å². The molecule has 2 aliphatic heterocycles. The van der Waals surface area contributed by atoms with Crippen LogP contribution in [0.15, 0.2) is 29.3 Å². The fourth-order valence-corrected chi connectivity index (χ4v) is 5.72. The lowest BCUT2D eigenvalue weighted by Gasteiger charge is -2.26. The maximum absolute atomic E-state index is 12.5. The Kier molecular flexibility index (Phi) is 4.90. The lowest BCUT2D eigenvalue weighted by molar-refractivity contribution is 0.440. The van der Waals surface area contributed by atoms with E-state index in [1.54, 1.807) is 4.31 Å². The molecule has 3 rings (SSSR count). The lowest BCUT2D eigenvalue weighted by Crippen LogP contribution is -2.41. The van der Waals surface area contributed by atoms with Crippen molar-refractivity contribution in [1.82, 2.24) is 4.31 Å². The van der Waals surface area contributed by atoms with Gasteiger partial charge in [-0.3, -0.25) is 4.99 Å². The molecule has 4 nitrogen and oxygen atoms in total. The van der Waals surface area contributed by atoms with Gasteiger partial charge >= 0.3 is 0 Å². The van der Waals surface area contributed by atoms with Gasteiger partial charge in [0.15, 0.2) is 0 Å². The molecule has 1 unspecified atom stereocenters. The number of aryl methyl sites for hydroxylation is 1. The van der Waals surface area contributed by atoms with Gasteiger partial charge in [-0.25, -0.2) is 12.7 Å². The normalized spacial score (nSPS) is 23.5. The number of rotatable bonds is 4. The lowest BCUT2D eigenvalue weighted by atomic mass is 10.1. The molecule has 0 N–H and O–H groups in total. The van der Waals surface area contributed by atoms with Crippen molar-refractivity contribution in [3.8, 4) is 0 Å². The van der Waals surface area contributed by atoms with Crippen LogP contribution >= 0.6 is 11.8 Å². The second-order valence-electron chi connectivity index (χ2n) is 5.92. The zero-order chi connectivity index (χ0) is 15.6. The third kappa shape index (κ3) is 3.73. The van der Waals surface area contributed by atoms with Gasteiger partial charge in [0, 0.05) is 30.3 Å². The monoisotopic (exact) mass is 338 g/mol. The van der Waals surface area contributed by atoms with Crippen molar-refractivity contribution < 1.29 is 8.42 Å². The quantitative estimate of drug-likeness (QED) is 0.846. The summed E-state index contributed by atoms with van der Waals surface area (Å²) >= 11 is 1.82. The Morgan fingerprint density at radius 1 is 1.23 bits per heavy atom. The van der Waals surface area contributed by atoms with Gasteiger partial charge < -0.3 is 0 Å². The SMILES string of the molecule is Cc1ccc(C2=NC(CS(=O)(=O)N3CCSCC3)CC2)cc1. The summed E-state index contributed by atoms with van der Waals surface area (Å²) in [6, 6.07) is 8.22. The summed E-state index contributed by atoms with van der Waals surface area (Å²) in [5.41, 5.74) is 3.40. The number of nitrogens with zero attached hydrogens (tertiary/aromatic N) is 2. The van der Waals surface area contributed by atoms with Crippen molar-refractivity contribution >= 4 is 27.5 Å². The summed E-state index contributed by atoms with van der Waals surface area (Å²) in [4.78, 5) is 4.67. The highest BCUT2D eigenvalue weighted by molar-refractivity contribution is 7.99. The topological polar surface area (TPSA) is 49.7 Å². The van der Waals surface area contributed by atoms with Gasteiger partial charge in [-0.2, -0.15) is 11.8 Å². The molecule has 1 aromatic rings. The third-order valence-electron chi connectivity index (χ3n) is 4.20. The molecule has 0 aromatic heterocycles. The molecule has 0 bridgehead atoms. The molecule has 2 heterocycles. The molecule has 0 spiro atoms. The zero-order valence-electron chi connectivity index (χ0n) is 12.9. The third-order valence-corrected chi connectivity index (χ3v) is 7.10. The fourth-order valence-electron chi connectivity index (χ4n) is 2.91. The summed E-state index contributed by atoms with van der Waals surface area (Å²) in [5, 5.41) is 0. The number of hydrogen-bond acceptors (Lipinski definition) is 4. The minimum atomic E-state index is -3.17. The minimum absolute atomic E-state index is 0.0871. The van der Waals surface area contributed by atoms with Crippen LogP contribution in [0.4, 0.5) is 0 Å². The first kappa shape index (κ1) is 16.0. The first-order valence-electron chi connectivity index (χ1n) is 7.74. The van der Waals surface area contributed by atoms with Gasteiger partial charge in [0.05, 0.1) is 11.8 Å². The van der Waals surface area contributed by atoms with Crippen molar-refractivity contribution in [2.24, 2.45) is 4.99 Å². The van der Waals surface area contributed by atoms with Crippen LogP contribution in [-0.2, 0) is 10.0 Å². The highest BCUT2D eigenvalue weighted by Gasteiger charge is 2.29. The van der Waals surface area contributed by atoms with Crippen LogP contribution < -0.4 is 0 Å². The van der Waals surface area contributed by atoms with Gasteiger partial charge in [-0.05, 0) is 25.3 Å². The van der Waals surface area contributed by atoms with E-state index in [9.17, 15) is 8.42 Å². The molecule has 0 radical (unpaired) electrons. The molecule has 1 atom stereocenters. The highest BCUT2D eigenvalue weighted by atomic mass is 32.2. The molecule has 6 heteroatoms. The molecule has 1 fully saturated rings. The summed E-state index contributed by atoms with van der Waals surface area (Å²) in [6.45, 7) is 3.36. The second-order valence-corrected chi connectivity index (χ2v) is 9.16. The van der Waals surface area contributed by atoms with Gasteiger partial charge in [-0.1, -0.05) is 29.8 Å². The highest BCUT2D eigenvalue weighted by Crippen LogP contribution is 2.22. The average Bonchev–Trinajstić information content (AvgIpc) is 2.97. The van der Waals surface area contributed by atoms with Crippen LogP contribution in [0.3, 0.4) is 0 Å². The van der Waals surface area contributed by atoms with E-state index in [2.05, 4.69) is 36.2 Å². The van der Waals surface area contributed by atoms with E-state index in [1.165, 1.54) is 5.56 Å². The van der Waals surface area contributed by atoms with E-state index in [4.69, 9.17) is 0 Å². The standard InChI is InChI=1S/C16H22N2O2S2/c1-13-2-4-14(5-3-13)16-7-6-15(17-16)12-22(19,20)18-8-10-21-11-9-18/h2-5,15H,6-12H2,1H3. The van der Waals surface area contributed by atoms with Crippen molar-refractivity contribution in [3.63, 3.8) is 0 Å². The number of benzene rings is 1. The average molecular weight is 338 g/mol. The Balaban J connectivity index is 1.67. The Morgan fingerprint density at radius 2 is 1.91 bits per heavy atom. The summed E-state index contributed by atoms with van der Waals surface area (Å²) in [5.74, 6) is 1.97. The maximum atomic E-state index is 12.5. The number of hydrogen-bond donors (Lipinski definition) is 0. The van der Waals surface area contributed by atoms with E-state index in [-0.39, 0.29) is 11.8 Å².